The van der Waals surface area contributed by atoms with E-state index in [-0.39, 0.29) is 11.1 Å². The summed E-state index contributed by atoms with van der Waals surface area (Å²) in [6.45, 7) is 0. The number of para-hydroxylation sites is 2. The fourth-order valence-corrected chi connectivity index (χ4v) is 1.93. The Labute approximate surface area is 102 Å². The quantitative estimate of drug-likeness (QED) is 0.474. The van der Waals surface area contributed by atoms with Gasteiger partial charge in [-0.25, -0.2) is 9.97 Å². The minimum absolute atomic E-state index is 0.223. The molecule has 3 aromatic rings. The molecule has 5 heteroatoms. The van der Waals surface area contributed by atoms with Gasteiger partial charge >= 0.3 is 0 Å². The predicted molar refractivity (Wildman–Crippen MR) is 67.7 cm³/mol. The smallest absolute Gasteiger partial charge is 0.278 e. The van der Waals surface area contributed by atoms with Crippen molar-refractivity contribution in [3.63, 3.8) is 0 Å². The van der Waals surface area contributed by atoms with Crippen LogP contribution in [0.25, 0.3) is 22.1 Å². The van der Waals surface area contributed by atoms with Crippen molar-refractivity contribution in [2.75, 3.05) is 0 Å². The van der Waals surface area contributed by atoms with Crippen LogP contribution in [-0.4, -0.2) is 20.8 Å². The van der Waals surface area contributed by atoms with Crippen LogP contribution in [-0.2, 0) is 7.05 Å². The molecule has 2 heterocycles. The Kier molecular flexibility index (Phi) is 2.19. The van der Waals surface area contributed by atoms with Crippen LogP contribution in [0.2, 0.25) is 0 Å². The van der Waals surface area contributed by atoms with Gasteiger partial charge < -0.3 is 4.57 Å². The van der Waals surface area contributed by atoms with Crippen LogP contribution in [0, 0.1) is 0 Å². The second kappa shape index (κ2) is 3.73. The maximum absolute atomic E-state index is 12.0. The van der Waals surface area contributed by atoms with E-state index in [2.05, 4.69) is 9.97 Å². The topological polar surface area (TPSA) is 64.8 Å². The predicted octanol–water partition coefficient (Wildman–Crippen LogP) is 1.29. The first-order valence-corrected chi connectivity index (χ1v) is 5.42. The average molecular weight is 239 g/mol. The Morgan fingerprint density at radius 2 is 1.72 bits per heavy atom. The van der Waals surface area contributed by atoms with Crippen molar-refractivity contribution in [1.82, 2.24) is 14.5 Å². The van der Waals surface area contributed by atoms with Crippen LogP contribution in [0.5, 0.6) is 0 Å². The number of benzene rings is 1. The minimum atomic E-state index is -0.256. The van der Waals surface area contributed by atoms with Crippen molar-refractivity contribution in [1.29, 1.82) is 0 Å². The van der Waals surface area contributed by atoms with E-state index in [9.17, 15) is 9.59 Å². The van der Waals surface area contributed by atoms with Gasteiger partial charge in [-0.1, -0.05) is 12.1 Å². The van der Waals surface area contributed by atoms with Crippen molar-refractivity contribution in [2.45, 2.75) is 0 Å². The number of hydrogen-bond acceptors (Lipinski definition) is 4. The lowest BCUT2D eigenvalue weighted by atomic mass is 10.2. The lowest BCUT2D eigenvalue weighted by Gasteiger charge is -2.04. The Balaban J connectivity index is 2.60. The molecule has 0 spiro atoms. The molecule has 1 aromatic carbocycles. The summed E-state index contributed by atoms with van der Waals surface area (Å²) >= 11 is 0. The van der Waals surface area contributed by atoms with Gasteiger partial charge in [-0.3, -0.25) is 9.59 Å². The van der Waals surface area contributed by atoms with E-state index in [0.29, 0.717) is 28.4 Å². The molecule has 0 N–H and O–H groups in total. The van der Waals surface area contributed by atoms with Gasteiger partial charge in [0.25, 0.3) is 5.56 Å². The van der Waals surface area contributed by atoms with Crippen molar-refractivity contribution in [2.24, 2.45) is 7.05 Å². The van der Waals surface area contributed by atoms with Gasteiger partial charge in [0.2, 0.25) is 0 Å². The van der Waals surface area contributed by atoms with E-state index in [0.717, 1.165) is 0 Å². The highest BCUT2D eigenvalue weighted by Crippen LogP contribution is 2.15. The van der Waals surface area contributed by atoms with Crippen molar-refractivity contribution in [3.8, 4) is 0 Å². The summed E-state index contributed by atoms with van der Waals surface area (Å²) in [5.74, 6) is 0. The molecule has 0 unspecified atom stereocenters. The molecular weight excluding hydrogens is 230 g/mol. The van der Waals surface area contributed by atoms with Crippen LogP contribution >= 0.6 is 0 Å². The zero-order chi connectivity index (χ0) is 12.7. The van der Waals surface area contributed by atoms with E-state index in [1.807, 2.05) is 12.1 Å². The number of hydrogen-bond donors (Lipinski definition) is 0. The largest absolute Gasteiger partial charge is 0.316 e. The maximum Gasteiger partial charge on any atom is 0.278 e. The number of aldehydes is 1. The third-order valence-electron chi connectivity index (χ3n) is 2.83. The van der Waals surface area contributed by atoms with Crippen LogP contribution in [0.1, 0.15) is 10.4 Å². The van der Waals surface area contributed by atoms with Crippen LogP contribution < -0.4 is 5.56 Å². The van der Waals surface area contributed by atoms with Gasteiger partial charge in [-0.05, 0) is 12.1 Å². The number of aryl methyl sites for hydroxylation is 1. The molecule has 0 radical (unpaired) electrons. The second-order valence-electron chi connectivity index (χ2n) is 4.03. The molecule has 2 aromatic heterocycles. The van der Waals surface area contributed by atoms with E-state index < -0.39 is 0 Å². The number of carbonyl (C=O) groups is 1. The zero-order valence-corrected chi connectivity index (χ0v) is 9.62. The number of carbonyl (C=O) groups excluding carboxylic acids is 1. The highest BCUT2D eigenvalue weighted by Gasteiger charge is 2.10. The molecule has 3 rings (SSSR count). The fraction of sp³-hybridized carbons (Fsp3) is 0.0769. The third-order valence-corrected chi connectivity index (χ3v) is 2.83. The average Bonchev–Trinajstić information content (AvgIpc) is 2.41. The summed E-state index contributed by atoms with van der Waals surface area (Å²) in [6.07, 6.45) is 2.16. The van der Waals surface area contributed by atoms with E-state index >= 15 is 0 Å². The Morgan fingerprint density at radius 1 is 1.11 bits per heavy atom. The summed E-state index contributed by atoms with van der Waals surface area (Å²) < 4.78 is 1.34. The van der Waals surface area contributed by atoms with E-state index in [1.54, 1.807) is 19.2 Å². The number of nitrogens with zero attached hydrogens (tertiary/aromatic N) is 3. The fourth-order valence-electron chi connectivity index (χ4n) is 1.93. The molecule has 0 atom stereocenters. The van der Waals surface area contributed by atoms with Crippen LogP contribution in [0.4, 0.5) is 0 Å². The molecule has 0 saturated carbocycles. The van der Waals surface area contributed by atoms with Gasteiger partial charge in [0.05, 0.1) is 16.6 Å². The standard InChI is InChI=1S/C13H9N3O2/c1-16-6-8(7-17)11-12(13(16)18)15-10-5-3-2-4-9(10)14-11/h2-7H,1H3. The number of fused-ring (bicyclic) bond motifs is 2. The van der Waals surface area contributed by atoms with E-state index in [1.165, 1.54) is 10.8 Å². The van der Waals surface area contributed by atoms with Crippen molar-refractivity contribution < 1.29 is 4.79 Å². The molecule has 0 aliphatic rings. The van der Waals surface area contributed by atoms with Gasteiger partial charge in [0.15, 0.2) is 11.8 Å². The second-order valence-corrected chi connectivity index (χ2v) is 4.03. The molecule has 18 heavy (non-hydrogen) atoms. The van der Waals surface area contributed by atoms with Crippen molar-refractivity contribution >= 4 is 28.4 Å². The minimum Gasteiger partial charge on any atom is -0.316 e. The Morgan fingerprint density at radius 3 is 2.33 bits per heavy atom. The molecule has 5 nitrogen and oxygen atoms in total. The molecule has 0 aliphatic carbocycles. The van der Waals surface area contributed by atoms with Crippen molar-refractivity contribution in [3.05, 3.63) is 46.4 Å². The maximum atomic E-state index is 12.0. The van der Waals surface area contributed by atoms with Gasteiger partial charge in [-0.15, -0.1) is 0 Å². The third kappa shape index (κ3) is 1.41. The summed E-state index contributed by atoms with van der Waals surface area (Å²) in [4.78, 5) is 31.7. The summed E-state index contributed by atoms with van der Waals surface area (Å²) in [6, 6.07) is 7.25. The highest BCUT2D eigenvalue weighted by molar-refractivity contribution is 5.96. The molecule has 0 fully saturated rings. The SMILES string of the molecule is Cn1cc(C=O)c2nc3ccccc3nc2c1=O. The first kappa shape index (κ1) is 10.6. The molecule has 0 amide bonds. The lowest BCUT2D eigenvalue weighted by Crippen LogP contribution is -2.19. The highest BCUT2D eigenvalue weighted by atomic mass is 16.1. The molecular formula is C13H9N3O2. The molecule has 0 bridgehead atoms. The van der Waals surface area contributed by atoms with Gasteiger partial charge in [0.1, 0.15) is 5.52 Å². The normalized spacial score (nSPS) is 10.9. The summed E-state index contributed by atoms with van der Waals surface area (Å²) in [7, 11) is 1.59. The van der Waals surface area contributed by atoms with Gasteiger partial charge in [0, 0.05) is 13.2 Å². The Bertz CT molecular complexity index is 837. The van der Waals surface area contributed by atoms with E-state index in [4.69, 9.17) is 0 Å². The lowest BCUT2D eigenvalue weighted by molar-refractivity contribution is 0.112. The number of aromatic nitrogens is 3. The first-order valence-electron chi connectivity index (χ1n) is 5.42. The summed E-state index contributed by atoms with van der Waals surface area (Å²) in [5, 5.41) is 0. The molecule has 0 aliphatic heterocycles. The summed E-state index contributed by atoms with van der Waals surface area (Å²) in [5.41, 5.74) is 2.00. The van der Waals surface area contributed by atoms with Crippen LogP contribution in [0.3, 0.4) is 0 Å². The number of rotatable bonds is 1. The monoisotopic (exact) mass is 239 g/mol. The molecule has 88 valence electrons. The first-order chi connectivity index (χ1) is 8.70. The number of pyridine rings is 1. The van der Waals surface area contributed by atoms with Gasteiger partial charge in [-0.2, -0.15) is 0 Å². The van der Waals surface area contributed by atoms with Crippen LogP contribution in [0.15, 0.2) is 35.3 Å². The molecule has 0 saturated heterocycles. The zero-order valence-electron chi connectivity index (χ0n) is 9.62. The Hall–Kier alpha value is -2.56.